The number of hydrogen-bond donors (Lipinski definition) is 2. The van der Waals surface area contributed by atoms with Crippen LogP contribution >= 0.6 is 0 Å². The minimum atomic E-state index is -0.539. The van der Waals surface area contributed by atoms with E-state index >= 15 is 0 Å². The lowest BCUT2D eigenvalue weighted by molar-refractivity contribution is -0.128. The van der Waals surface area contributed by atoms with E-state index in [9.17, 15) is 14.4 Å². The first-order valence-corrected chi connectivity index (χ1v) is 11.4. The molecule has 37 heavy (non-hydrogen) atoms. The van der Waals surface area contributed by atoms with Gasteiger partial charge in [0, 0.05) is 28.5 Å². The van der Waals surface area contributed by atoms with Gasteiger partial charge in [-0.25, -0.2) is 10.2 Å². The number of para-hydroxylation sites is 1. The number of ether oxygens (including phenoxy) is 1. The molecule has 0 saturated carbocycles. The lowest BCUT2D eigenvalue weighted by atomic mass is 10.1. The van der Waals surface area contributed by atoms with Crippen LogP contribution in [0.1, 0.15) is 31.8 Å². The monoisotopic (exact) mass is 489 g/mol. The number of benzene rings is 4. The van der Waals surface area contributed by atoms with Crippen LogP contribution in [0, 0.1) is 0 Å². The molecule has 4 rings (SSSR count). The maximum absolute atomic E-state index is 12.6. The standard InChI is InChI=1S/C30H23N3O4/c34-28(19-18-22-10-3-1-4-11-22)37-27-17-8-7-14-25(27)21-31-33-30(36)24-15-9-16-26(20-24)32-29(35)23-12-5-2-6-13-23/h1-21H,(H,32,35)(H,33,36)/b19-18+,31-21?. The smallest absolute Gasteiger partial charge is 0.336 e. The molecule has 0 radical (unpaired) electrons. The molecule has 2 N–H and O–H groups in total. The van der Waals surface area contributed by atoms with Gasteiger partial charge in [-0.15, -0.1) is 0 Å². The zero-order valence-corrected chi connectivity index (χ0v) is 19.7. The van der Waals surface area contributed by atoms with Crippen LogP contribution in [-0.2, 0) is 4.79 Å². The molecule has 4 aromatic carbocycles. The van der Waals surface area contributed by atoms with E-state index in [0.717, 1.165) is 5.56 Å². The van der Waals surface area contributed by atoms with E-state index in [1.54, 1.807) is 78.9 Å². The maximum Gasteiger partial charge on any atom is 0.336 e. The Hall–Kier alpha value is -5.30. The quantitative estimate of drug-likeness (QED) is 0.115. The highest BCUT2D eigenvalue weighted by atomic mass is 16.5. The Kier molecular flexibility index (Phi) is 8.33. The average Bonchev–Trinajstić information content (AvgIpc) is 2.94. The summed E-state index contributed by atoms with van der Waals surface area (Å²) in [7, 11) is 0. The van der Waals surface area contributed by atoms with Crippen molar-refractivity contribution in [1.29, 1.82) is 0 Å². The SMILES string of the molecule is O=C(/C=C/c1ccccc1)Oc1ccccc1C=NNC(=O)c1cccc(NC(=O)c2ccccc2)c1. The van der Waals surface area contributed by atoms with Crippen LogP contribution in [-0.4, -0.2) is 24.0 Å². The summed E-state index contributed by atoms with van der Waals surface area (Å²) in [5.74, 6) is -0.981. The van der Waals surface area contributed by atoms with E-state index in [2.05, 4.69) is 15.8 Å². The van der Waals surface area contributed by atoms with Crippen molar-refractivity contribution in [1.82, 2.24) is 5.43 Å². The molecule has 0 atom stereocenters. The second-order valence-corrected chi connectivity index (χ2v) is 7.80. The van der Waals surface area contributed by atoms with Crippen molar-refractivity contribution >= 4 is 35.8 Å². The summed E-state index contributed by atoms with van der Waals surface area (Å²) in [6.07, 6.45) is 4.40. The molecule has 0 saturated heterocycles. The molecule has 0 unspecified atom stereocenters. The highest BCUT2D eigenvalue weighted by Gasteiger charge is 2.09. The fraction of sp³-hybridized carbons (Fsp3) is 0. The molecule has 182 valence electrons. The minimum absolute atomic E-state index is 0.277. The van der Waals surface area contributed by atoms with Crippen molar-refractivity contribution in [2.24, 2.45) is 5.10 Å². The van der Waals surface area contributed by atoms with Gasteiger partial charge in [0.25, 0.3) is 11.8 Å². The first-order valence-electron chi connectivity index (χ1n) is 11.4. The summed E-state index contributed by atoms with van der Waals surface area (Å²) >= 11 is 0. The first-order chi connectivity index (χ1) is 18.1. The number of hydrazone groups is 1. The van der Waals surface area contributed by atoms with Gasteiger partial charge in [-0.1, -0.05) is 66.7 Å². The molecule has 2 amide bonds. The number of hydrogen-bond acceptors (Lipinski definition) is 5. The van der Waals surface area contributed by atoms with Gasteiger partial charge < -0.3 is 10.1 Å². The Morgan fingerprint density at radius 2 is 1.38 bits per heavy atom. The van der Waals surface area contributed by atoms with Crippen LogP contribution < -0.4 is 15.5 Å². The molecule has 0 heterocycles. The molecular weight excluding hydrogens is 466 g/mol. The summed E-state index contributed by atoms with van der Waals surface area (Å²) in [4.78, 5) is 37.2. The Balaban J connectivity index is 1.36. The highest BCUT2D eigenvalue weighted by Crippen LogP contribution is 2.17. The van der Waals surface area contributed by atoms with Crippen LogP contribution in [0.15, 0.2) is 120 Å². The molecule has 0 aliphatic heterocycles. The van der Waals surface area contributed by atoms with Gasteiger partial charge in [0.2, 0.25) is 0 Å². The van der Waals surface area contributed by atoms with Gasteiger partial charge in [0.15, 0.2) is 0 Å². The summed E-state index contributed by atoms with van der Waals surface area (Å²) < 4.78 is 5.43. The molecular formula is C30H23N3O4. The van der Waals surface area contributed by atoms with E-state index in [0.29, 0.717) is 28.1 Å². The van der Waals surface area contributed by atoms with E-state index in [1.807, 2.05) is 36.4 Å². The first kappa shape index (κ1) is 24.8. The number of carbonyl (C=O) groups is 3. The van der Waals surface area contributed by atoms with Crippen molar-refractivity contribution in [2.45, 2.75) is 0 Å². The predicted molar refractivity (Wildman–Crippen MR) is 143 cm³/mol. The van der Waals surface area contributed by atoms with E-state index in [-0.39, 0.29) is 5.91 Å². The van der Waals surface area contributed by atoms with Gasteiger partial charge in [-0.05, 0) is 54.1 Å². The van der Waals surface area contributed by atoms with Gasteiger partial charge in [0.1, 0.15) is 5.75 Å². The fourth-order valence-electron chi connectivity index (χ4n) is 3.31. The third kappa shape index (κ3) is 7.34. The molecule has 0 aliphatic carbocycles. The van der Waals surface area contributed by atoms with Crippen molar-refractivity contribution in [2.75, 3.05) is 5.32 Å². The molecule has 7 nitrogen and oxygen atoms in total. The number of anilines is 1. The third-order valence-electron chi connectivity index (χ3n) is 5.13. The number of nitrogens with zero attached hydrogens (tertiary/aromatic N) is 1. The second kappa shape index (κ2) is 12.4. The van der Waals surface area contributed by atoms with Crippen molar-refractivity contribution in [3.63, 3.8) is 0 Å². The Morgan fingerprint density at radius 3 is 2.16 bits per heavy atom. The number of esters is 1. The normalized spacial score (nSPS) is 10.8. The predicted octanol–water partition coefficient (Wildman–Crippen LogP) is 5.32. The zero-order valence-electron chi connectivity index (χ0n) is 19.7. The molecule has 0 aromatic heterocycles. The van der Waals surface area contributed by atoms with Crippen molar-refractivity contribution in [3.8, 4) is 5.75 Å². The Labute approximate surface area is 214 Å². The fourth-order valence-corrected chi connectivity index (χ4v) is 3.31. The van der Waals surface area contributed by atoms with Crippen LogP contribution in [0.4, 0.5) is 5.69 Å². The summed E-state index contributed by atoms with van der Waals surface area (Å²) in [6.45, 7) is 0. The lowest BCUT2D eigenvalue weighted by Crippen LogP contribution is -2.18. The molecule has 0 aliphatic rings. The third-order valence-corrected chi connectivity index (χ3v) is 5.13. The van der Waals surface area contributed by atoms with Gasteiger partial charge >= 0.3 is 5.97 Å². The largest absolute Gasteiger partial charge is 0.423 e. The van der Waals surface area contributed by atoms with Crippen LogP contribution in [0.2, 0.25) is 0 Å². The van der Waals surface area contributed by atoms with Gasteiger partial charge in [0.05, 0.1) is 6.21 Å². The van der Waals surface area contributed by atoms with Crippen LogP contribution in [0.5, 0.6) is 5.75 Å². The molecule has 0 fully saturated rings. The number of carbonyl (C=O) groups excluding carboxylic acids is 3. The molecule has 7 heteroatoms. The zero-order chi connectivity index (χ0) is 25.9. The molecule has 0 spiro atoms. The topological polar surface area (TPSA) is 96.9 Å². The number of nitrogens with one attached hydrogen (secondary N) is 2. The summed E-state index contributed by atoms with van der Waals surface area (Å²) in [6, 6.07) is 31.5. The summed E-state index contributed by atoms with van der Waals surface area (Å²) in [5, 5.41) is 6.77. The molecule has 0 bridgehead atoms. The lowest BCUT2D eigenvalue weighted by Gasteiger charge is -2.07. The number of rotatable bonds is 8. The minimum Gasteiger partial charge on any atom is -0.423 e. The number of amides is 2. The van der Waals surface area contributed by atoms with E-state index in [4.69, 9.17) is 4.74 Å². The Morgan fingerprint density at radius 1 is 0.703 bits per heavy atom. The van der Waals surface area contributed by atoms with Crippen LogP contribution in [0.3, 0.4) is 0 Å². The van der Waals surface area contributed by atoms with Crippen LogP contribution in [0.25, 0.3) is 6.08 Å². The Bertz CT molecular complexity index is 1450. The van der Waals surface area contributed by atoms with E-state index < -0.39 is 11.9 Å². The molecule has 4 aromatic rings. The highest BCUT2D eigenvalue weighted by molar-refractivity contribution is 6.05. The van der Waals surface area contributed by atoms with Crippen molar-refractivity contribution in [3.05, 3.63) is 138 Å². The van der Waals surface area contributed by atoms with Gasteiger partial charge in [-0.3, -0.25) is 9.59 Å². The second-order valence-electron chi connectivity index (χ2n) is 7.80. The van der Waals surface area contributed by atoms with Gasteiger partial charge in [-0.2, -0.15) is 5.10 Å². The maximum atomic E-state index is 12.6. The summed E-state index contributed by atoms with van der Waals surface area (Å²) in [5.41, 5.74) is 5.14. The average molecular weight is 490 g/mol. The van der Waals surface area contributed by atoms with E-state index in [1.165, 1.54) is 12.3 Å². The van der Waals surface area contributed by atoms with Crippen molar-refractivity contribution < 1.29 is 19.1 Å².